The van der Waals surface area contributed by atoms with Crippen LogP contribution in [0.4, 0.5) is 0 Å². The lowest BCUT2D eigenvalue weighted by Crippen LogP contribution is -2.47. The minimum absolute atomic E-state index is 0.0868. The molecule has 0 amide bonds. The summed E-state index contributed by atoms with van der Waals surface area (Å²) in [5.41, 5.74) is 0.954. The summed E-state index contributed by atoms with van der Waals surface area (Å²) in [6.07, 6.45) is 4.07. The maximum atomic E-state index is 6.98. The predicted molar refractivity (Wildman–Crippen MR) is 161 cm³/mol. The summed E-state index contributed by atoms with van der Waals surface area (Å²) >= 11 is 0. The first-order valence-corrected chi connectivity index (χ1v) is 18.9. The molecule has 0 aliphatic carbocycles. The normalized spacial score (nSPS) is 16.7. The molecule has 0 spiro atoms. The largest absolute Gasteiger partial charge is 0.404 e. The fraction of sp³-hybridized carbons (Fsp3) is 0.500. The van der Waals surface area contributed by atoms with E-state index < -0.39 is 27.8 Å². The van der Waals surface area contributed by atoms with Crippen molar-refractivity contribution in [1.29, 1.82) is 0 Å². The van der Waals surface area contributed by atoms with E-state index >= 15 is 0 Å². The van der Waals surface area contributed by atoms with Gasteiger partial charge in [-0.25, -0.2) is 0 Å². The van der Waals surface area contributed by atoms with Crippen LogP contribution in [0.1, 0.15) is 66.5 Å². The highest BCUT2D eigenvalue weighted by Crippen LogP contribution is 2.43. The molecule has 0 aliphatic rings. The van der Waals surface area contributed by atoms with Gasteiger partial charge in [0.2, 0.25) is 0 Å². The summed E-state index contributed by atoms with van der Waals surface area (Å²) in [5, 5.41) is 0.189. The van der Waals surface area contributed by atoms with E-state index in [4.69, 9.17) is 8.85 Å². The van der Waals surface area contributed by atoms with Crippen LogP contribution in [0, 0.1) is 11.8 Å². The Labute approximate surface area is 223 Å². The fourth-order valence-electron chi connectivity index (χ4n) is 3.60. The highest BCUT2D eigenvalue weighted by Gasteiger charge is 2.44. The molecule has 0 saturated carbocycles. The van der Waals surface area contributed by atoms with E-state index in [1.807, 2.05) is 18.2 Å². The second-order valence-corrected chi connectivity index (χ2v) is 22.6. The Hall–Kier alpha value is -1.91. The van der Waals surface area contributed by atoms with Crippen LogP contribution >= 0.6 is 0 Å². The number of rotatable bonds is 7. The van der Waals surface area contributed by atoms with Crippen LogP contribution in [0.2, 0.25) is 36.3 Å². The summed E-state index contributed by atoms with van der Waals surface area (Å²) in [4.78, 5) is 0. The SMILES string of the molecule is CC(C#C/C=C/C(C)(O[Si](C)(C)C(C)(C)C)c1ccccc1)(O[Si](C)(C)C(C)(C)C)c1ccccc1. The van der Waals surface area contributed by atoms with Crippen LogP contribution in [0.5, 0.6) is 0 Å². The first-order chi connectivity index (χ1) is 16.3. The maximum Gasteiger partial charge on any atom is 0.194 e. The van der Waals surface area contributed by atoms with Crippen molar-refractivity contribution in [3.05, 3.63) is 83.9 Å². The second-order valence-electron chi connectivity index (χ2n) is 13.2. The highest BCUT2D eigenvalue weighted by molar-refractivity contribution is 6.74. The van der Waals surface area contributed by atoms with Crippen molar-refractivity contribution < 1.29 is 8.85 Å². The van der Waals surface area contributed by atoms with Gasteiger partial charge in [0.25, 0.3) is 0 Å². The molecule has 196 valence electrons. The smallest absolute Gasteiger partial charge is 0.194 e. The van der Waals surface area contributed by atoms with E-state index in [1.165, 1.54) is 0 Å². The van der Waals surface area contributed by atoms with Gasteiger partial charge in [0.15, 0.2) is 16.6 Å². The third kappa shape index (κ3) is 7.32. The molecule has 0 N–H and O–H groups in total. The lowest BCUT2D eigenvalue weighted by Gasteiger charge is -2.43. The molecule has 2 aromatic rings. The highest BCUT2D eigenvalue weighted by atomic mass is 28.4. The van der Waals surface area contributed by atoms with Crippen molar-refractivity contribution in [2.75, 3.05) is 0 Å². The van der Waals surface area contributed by atoms with E-state index in [9.17, 15) is 0 Å². The molecule has 0 bridgehead atoms. The first kappa shape index (κ1) is 30.3. The van der Waals surface area contributed by atoms with Gasteiger partial charge < -0.3 is 8.85 Å². The van der Waals surface area contributed by atoms with Crippen molar-refractivity contribution in [3.63, 3.8) is 0 Å². The van der Waals surface area contributed by atoms with Crippen molar-refractivity contribution in [2.24, 2.45) is 0 Å². The molecule has 0 aliphatic heterocycles. The standard InChI is InChI=1S/C32H48O2Si2/c1-29(2,3)35(9,10)33-31(7,27-21-15-13-16-22-27)25-19-20-26-32(8,28-23-17-14-18-24-28)34-36(11,12)30(4,5)6/h13-19,21-25H,1-12H3/b25-19+. The van der Waals surface area contributed by atoms with Crippen LogP contribution < -0.4 is 0 Å². The van der Waals surface area contributed by atoms with E-state index in [0.29, 0.717) is 0 Å². The van der Waals surface area contributed by atoms with E-state index in [2.05, 4.69) is 148 Å². The molecule has 2 nitrogen and oxygen atoms in total. The summed E-state index contributed by atoms with van der Waals surface area (Å²) in [7, 11) is -4.11. The molecule has 2 atom stereocenters. The summed E-state index contributed by atoms with van der Waals surface area (Å²) < 4.78 is 13.9. The molecular weight excluding hydrogens is 473 g/mol. The first-order valence-electron chi connectivity index (χ1n) is 13.0. The zero-order valence-electron chi connectivity index (χ0n) is 24.7. The average Bonchev–Trinajstić information content (AvgIpc) is 2.76. The molecule has 0 saturated heterocycles. The number of benzene rings is 2. The topological polar surface area (TPSA) is 18.5 Å². The number of hydrogen-bond acceptors (Lipinski definition) is 2. The summed E-state index contributed by atoms with van der Waals surface area (Å²) in [6.45, 7) is 27.0. The van der Waals surface area contributed by atoms with Crippen molar-refractivity contribution in [1.82, 2.24) is 0 Å². The Morgan fingerprint density at radius 1 is 0.611 bits per heavy atom. The minimum atomic E-state index is -2.07. The average molecular weight is 521 g/mol. The zero-order valence-corrected chi connectivity index (χ0v) is 26.7. The van der Waals surface area contributed by atoms with Crippen molar-refractivity contribution in [2.45, 2.75) is 103 Å². The molecule has 4 heteroatoms. The summed E-state index contributed by atoms with van der Waals surface area (Å²) in [5.74, 6) is 6.84. The van der Waals surface area contributed by atoms with Gasteiger partial charge in [-0.2, -0.15) is 0 Å². The molecular formula is C32H48O2Si2. The van der Waals surface area contributed by atoms with Gasteiger partial charge in [0.1, 0.15) is 5.60 Å². The molecule has 2 rings (SSSR count). The van der Waals surface area contributed by atoms with Gasteiger partial charge in [-0.3, -0.25) is 0 Å². The molecule has 0 radical (unpaired) electrons. The lowest BCUT2D eigenvalue weighted by atomic mass is 9.95. The molecule has 0 heterocycles. The molecule has 0 aromatic heterocycles. The van der Waals surface area contributed by atoms with Crippen LogP contribution in [0.3, 0.4) is 0 Å². The molecule has 2 aromatic carbocycles. The van der Waals surface area contributed by atoms with Crippen LogP contribution in [0.25, 0.3) is 0 Å². The van der Waals surface area contributed by atoms with Gasteiger partial charge in [0.05, 0.1) is 5.60 Å². The zero-order chi connectivity index (χ0) is 27.5. The van der Waals surface area contributed by atoms with Crippen LogP contribution in [-0.4, -0.2) is 16.6 Å². The Morgan fingerprint density at radius 3 is 1.47 bits per heavy atom. The van der Waals surface area contributed by atoms with Gasteiger partial charge in [0, 0.05) is 0 Å². The molecule has 2 unspecified atom stereocenters. The van der Waals surface area contributed by atoms with E-state index in [1.54, 1.807) is 0 Å². The third-order valence-electron chi connectivity index (χ3n) is 8.01. The quantitative estimate of drug-likeness (QED) is 0.267. The Balaban J connectivity index is 2.51. The van der Waals surface area contributed by atoms with E-state index in [0.717, 1.165) is 11.1 Å². The van der Waals surface area contributed by atoms with E-state index in [-0.39, 0.29) is 10.1 Å². The van der Waals surface area contributed by atoms with Gasteiger partial charge in [-0.05, 0) is 73.4 Å². The van der Waals surface area contributed by atoms with Crippen LogP contribution in [-0.2, 0) is 20.1 Å². The molecule has 36 heavy (non-hydrogen) atoms. The third-order valence-corrected chi connectivity index (χ3v) is 17.1. The Kier molecular flexibility index (Phi) is 9.12. The predicted octanol–water partition coefficient (Wildman–Crippen LogP) is 9.42. The molecule has 0 fully saturated rings. The fourth-order valence-corrected chi connectivity index (χ4v) is 6.65. The number of hydrogen-bond donors (Lipinski definition) is 0. The van der Waals surface area contributed by atoms with Gasteiger partial charge in [-0.15, -0.1) is 0 Å². The minimum Gasteiger partial charge on any atom is -0.404 e. The van der Waals surface area contributed by atoms with Crippen molar-refractivity contribution >= 4 is 16.6 Å². The maximum absolute atomic E-state index is 6.98. The Morgan fingerprint density at radius 2 is 1.03 bits per heavy atom. The lowest BCUT2D eigenvalue weighted by molar-refractivity contribution is 0.121. The van der Waals surface area contributed by atoms with Crippen molar-refractivity contribution in [3.8, 4) is 11.8 Å². The second kappa shape index (κ2) is 10.8. The number of allylic oxidation sites excluding steroid dienone is 1. The monoisotopic (exact) mass is 520 g/mol. The summed E-state index contributed by atoms with van der Waals surface area (Å²) in [6, 6.07) is 20.8. The Bertz CT molecular complexity index is 1080. The van der Waals surface area contributed by atoms with Gasteiger partial charge in [-0.1, -0.05) is 114 Å². The van der Waals surface area contributed by atoms with Gasteiger partial charge >= 0.3 is 0 Å². The van der Waals surface area contributed by atoms with Crippen LogP contribution in [0.15, 0.2) is 72.8 Å².